The number of anilines is 1. The number of carbonyl (C=O) groups is 2. The van der Waals surface area contributed by atoms with Crippen LogP contribution in [0.15, 0.2) is 71.2 Å². The van der Waals surface area contributed by atoms with Gasteiger partial charge in [0.15, 0.2) is 5.78 Å². The molecule has 7 heteroatoms. The number of rotatable bonds is 3. The molecule has 0 radical (unpaired) electrons. The van der Waals surface area contributed by atoms with E-state index in [1.54, 1.807) is 6.07 Å². The molecule has 6 rings (SSSR count). The number of fused-ring (bicyclic) bond motifs is 4. The number of halogens is 3. The molecule has 3 aromatic rings. The minimum atomic E-state index is -1.09. The van der Waals surface area contributed by atoms with Gasteiger partial charge in [0, 0.05) is 43.3 Å². The first-order valence-electron chi connectivity index (χ1n) is 11.4. The molecule has 3 aliphatic heterocycles. The minimum Gasteiger partial charge on any atom is -0.324 e. The zero-order valence-corrected chi connectivity index (χ0v) is 21.2. The predicted octanol–water partition coefficient (Wildman–Crippen LogP) is 6.66. The normalized spacial score (nSPS) is 27.6. The van der Waals surface area contributed by atoms with Gasteiger partial charge in [0.1, 0.15) is 5.54 Å². The van der Waals surface area contributed by atoms with E-state index in [0.717, 1.165) is 40.7 Å². The van der Waals surface area contributed by atoms with Crippen molar-refractivity contribution < 1.29 is 9.59 Å². The smallest absolute Gasteiger partial charge is 0.250 e. The van der Waals surface area contributed by atoms with Gasteiger partial charge in [-0.1, -0.05) is 75.5 Å². The number of nitrogens with zero attached hydrogens (tertiary/aromatic N) is 1. The highest BCUT2D eigenvalue weighted by Crippen LogP contribution is 2.61. The molecule has 172 valence electrons. The molecule has 3 aromatic carbocycles. The largest absolute Gasteiger partial charge is 0.324 e. The Morgan fingerprint density at radius 1 is 1.06 bits per heavy atom. The van der Waals surface area contributed by atoms with Gasteiger partial charge < -0.3 is 5.32 Å². The lowest BCUT2D eigenvalue weighted by Gasteiger charge is -2.37. The molecule has 1 spiro atoms. The van der Waals surface area contributed by atoms with Crippen molar-refractivity contribution in [2.45, 2.75) is 30.3 Å². The first kappa shape index (κ1) is 22.3. The van der Waals surface area contributed by atoms with E-state index in [2.05, 4.69) is 26.1 Å². The Morgan fingerprint density at radius 3 is 2.68 bits per heavy atom. The fourth-order valence-corrected chi connectivity index (χ4v) is 7.39. The van der Waals surface area contributed by atoms with Crippen LogP contribution in [0.5, 0.6) is 0 Å². The Hall–Kier alpha value is -2.18. The minimum absolute atomic E-state index is 0.0108. The van der Waals surface area contributed by atoms with E-state index in [1.807, 2.05) is 60.7 Å². The second-order valence-electron chi connectivity index (χ2n) is 9.21. The van der Waals surface area contributed by atoms with Crippen LogP contribution in [0.1, 0.15) is 40.2 Å². The molecule has 0 saturated carbocycles. The summed E-state index contributed by atoms with van der Waals surface area (Å²) in [4.78, 5) is 30.6. The quantitative estimate of drug-likeness (QED) is 0.367. The standard InChI is InChI=1S/C27H21BrCl2N2O2/c28-16-6-3-5-15(13-16)25(33)24-23(18-11-10-17(29)14-20(18)30)22-9-4-12-32(22)27(24)19-7-1-2-8-21(19)31-26(27)34/h1-3,5-8,10-11,13-14,22-24H,4,9,12H2,(H,31,34). The topological polar surface area (TPSA) is 49.4 Å². The SMILES string of the molecule is O=C(c1cccc(Br)c1)C1C(c2ccc(Cl)cc2Cl)C2CCCN2C12C(=O)Nc1ccccc12. The first-order valence-corrected chi connectivity index (χ1v) is 12.9. The molecule has 2 fully saturated rings. The van der Waals surface area contributed by atoms with Gasteiger partial charge in [-0.2, -0.15) is 0 Å². The summed E-state index contributed by atoms with van der Waals surface area (Å²) in [6.45, 7) is 0.746. The number of para-hydroxylation sites is 1. The van der Waals surface area contributed by atoms with E-state index in [0.29, 0.717) is 15.6 Å². The molecule has 3 heterocycles. The van der Waals surface area contributed by atoms with Gasteiger partial charge in [-0.05, 0) is 55.3 Å². The van der Waals surface area contributed by atoms with Crippen LogP contribution in [0.3, 0.4) is 0 Å². The van der Waals surface area contributed by atoms with Gasteiger partial charge in [-0.15, -0.1) is 0 Å². The summed E-state index contributed by atoms with van der Waals surface area (Å²) in [5, 5.41) is 4.16. The number of carbonyl (C=O) groups excluding carboxylic acids is 2. The lowest BCUT2D eigenvalue weighted by atomic mass is 9.69. The van der Waals surface area contributed by atoms with Crippen LogP contribution in [0.2, 0.25) is 10.0 Å². The van der Waals surface area contributed by atoms with Crippen LogP contribution in [0.4, 0.5) is 5.69 Å². The Balaban J connectivity index is 1.63. The van der Waals surface area contributed by atoms with Gasteiger partial charge in [0.2, 0.25) is 5.91 Å². The monoisotopic (exact) mass is 554 g/mol. The molecule has 1 amide bonds. The zero-order valence-electron chi connectivity index (χ0n) is 18.1. The van der Waals surface area contributed by atoms with Crippen LogP contribution in [-0.2, 0) is 10.3 Å². The van der Waals surface area contributed by atoms with Gasteiger partial charge >= 0.3 is 0 Å². The molecule has 4 unspecified atom stereocenters. The average molecular weight is 556 g/mol. The van der Waals surface area contributed by atoms with E-state index in [4.69, 9.17) is 23.2 Å². The van der Waals surface area contributed by atoms with Crippen LogP contribution in [-0.4, -0.2) is 29.2 Å². The fraction of sp³-hybridized carbons (Fsp3) is 0.259. The summed E-state index contributed by atoms with van der Waals surface area (Å²) in [6.07, 6.45) is 1.85. The fourth-order valence-electron chi connectivity index (χ4n) is 6.46. The van der Waals surface area contributed by atoms with Crippen molar-refractivity contribution in [2.24, 2.45) is 5.92 Å². The van der Waals surface area contributed by atoms with Crippen LogP contribution < -0.4 is 5.32 Å². The Kier molecular flexibility index (Phi) is 5.38. The molecule has 4 atom stereocenters. The molecule has 0 aliphatic carbocycles. The summed E-state index contributed by atoms with van der Waals surface area (Å²) in [5.74, 6) is -1.09. The third kappa shape index (κ3) is 3.07. The number of ketones is 1. The maximum atomic E-state index is 14.4. The van der Waals surface area contributed by atoms with Crippen molar-refractivity contribution in [1.29, 1.82) is 0 Å². The summed E-state index contributed by atoms with van der Waals surface area (Å²) in [6, 6.07) is 20.6. The maximum Gasteiger partial charge on any atom is 0.250 e. The molecule has 0 bridgehead atoms. The number of benzene rings is 3. The summed E-state index contributed by atoms with van der Waals surface area (Å²) < 4.78 is 0.822. The lowest BCUT2D eigenvalue weighted by Crippen LogP contribution is -2.52. The number of hydrogen-bond acceptors (Lipinski definition) is 3. The molecule has 0 aromatic heterocycles. The molecule has 34 heavy (non-hydrogen) atoms. The highest BCUT2D eigenvalue weighted by molar-refractivity contribution is 9.10. The van der Waals surface area contributed by atoms with E-state index in [9.17, 15) is 9.59 Å². The molecular weight excluding hydrogens is 535 g/mol. The van der Waals surface area contributed by atoms with Crippen molar-refractivity contribution in [3.8, 4) is 0 Å². The molecular formula is C27H21BrCl2N2O2. The van der Waals surface area contributed by atoms with E-state index in [-0.39, 0.29) is 23.7 Å². The van der Waals surface area contributed by atoms with Crippen molar-refractivity contribution >= 4 is 56.5 Å². The van der Waals surface area contributed by atoms with Crippen LogP contribution in [0.25, 0.3) is 0 Å². The van der Waals surface area contributed by atoms with Crippen molar-refractivity contribution in [3.63, 3.8) is 0 Å². The highest BCUT2D eigenvalue weighted by Gasteiger charge is 2.69. The molecule has 4 nitrogen and oxygen atoms in total. The van der Waals surface area contributed by atoms with Gasteiger partial charge in [-0.25, -0.2) is 0 Å². The zero-order chi connectivity index (χ0) is 23.6. The molecule has 2 saturated heterocycles. The molecule has 3 aliphatic rings. The number of hydrogen-bond donors (Lipinski definition) is 1. The lowest BCUT2D eigenvalue weighted by molar-refractivity contribution is -0.127. The number of Topliss-reactive ketones (excluding diaryl/α,β-unsaturated/α-hetero) is 1. The van der Waals surface area contributed by atoms with Gasteiger partial charge in [-0.3, -0.25) is 14.5 Å². The van der Waals surface area contributed by atoms with Crippen LogP contribution >= 0.6 is 39.1 Å². The Morgan fingerprint density at radius 2 is 1.88 bits per heavy atom. The van der Waals surface area contributed by atoms with Crippen molar-refractivity contribution in [3.05, 3.63) is 97.9 Å². The Labute approximate surface area is 216 Å². The first-order chi connectivity index (χ1) is 16.4. The second kappa shape index (κ2) is 8.20. The van der Waals surface area contributed by atoms with Crippen LogP contribution in [0, 0.1) is 5.92 Å². The summed E-state index contributed by atoms with van der Waals surface area (Å²) >= 11 is 16.5. The van der Waals surface area contributed by atoms with E-state index < -0.39 is 11.5 Å². The third-order valence-corrected chi connectivity index (χ3v) is 8.68. The van der Waals surface area contributed by atoms with Gasteiger partial charge in [0.05, 0.1) is 5.92 Å². The Bertz CT molecular complexity index is 1350. The van der Waals surface area contributed by atoms with Gasteiger partial charge in [0.25, 0.3) is 0 Å². The van der Waals surface area contributed by atoms with Crippen molar-refractivity contribution in [2.75, 3.05) is 11.9 Å². The van der Waals surface area contributed by atoms with E-state index in [1.165, 1.54) is 0 Å². The van der Waals surface area contributed by atoms with E-state index >= 15 is 0 Å². The number of nitrogens with one attached hydrogen (secondary N) is 1. The average Bonchev–Trinajstić information content (AvgIpc) is 3.47. The third-order valence-electron chi connectivity index (χ3n) is 7.62. The summed E-state index contributed by atoms with van der Waals surface area (Å²) in [5.41, 5.74) is 1.99. The highest BCUT2D eigenvalue weighted by atomic mass is 79.9. The molecule has 1 N–H and O–H groups in total. The maximum absolute atomic E-state index is 14.4. The van der Waals surface area contributed by atoms with Crippen molar-refractivity contribution in [1.82, 2.24) is 4.90 Å². The predicted molar refractivity (Wildman–Crippen MR) is 138 cm³/mol. The second-order valence-corrected chi connectivity index (χ2v) is 11.0. The number of amides is 1. The summed E-state index contributed by atoms with van der Waals surface area (Å²) in [7, 11) is 0.